The van der Waals surface area contributed by atoms with Crippen LogP contribution in [0.15, 0.2) is 21.5 Å². The van der Waals surface area contributed by atoms with Gasteiger partial charge in [0.1, 0.15) is 4.90 Å². The van der Waals surface area contributed by atoms with E-state index in [2.05, 4.69) is 20.7 Å². The molecule has 0 bridgehead atoms. The maximum Gasteiger partial charge on any atom is 0.305 e. The van der Waals surface area contributed by atoms with Gasteiger partial charge in [0.2, 0.25) is 10.0 Å². The van der Waals surface area contributed by atoms with Gasteiger partial charge >= 0.3 is 5.97 Å². The number of esters is 1. The number of benzene rings is 1. The first-order valence-electron chi connectivity index (χ1n) is 6.17. The fourth-order valence-corrected chi connectivity index (χ4v) is 3.34. The van der Waals surface area contributed by atoms with Crippen molar-refractivity contribution in [1.82, 2.24) is 4.72 Å². The molecule has 0 heterocycles. The summed E-state index contributed by atoms with van der Waals surface area (Å²) in [6.07, 6.45) is 0.336. The lowest BCUT2D eigenvalue weighted by molar-refractivity contribution is -0.143. The van der Waals surface area contributed by atoms with Crippen LogP contribution in [0.4, 0.5) is 10.1 Å². The van der Waals surface area contributed by atoms with Crippen LogP contribution in [0.3, 0.4) is 0 Å². The minimum Gasteiger partial charge on any atom is -0.466 e. The number of nitrogens with one attached hydrogen (secondary N) is 1. The molecule has 0 spiro atoms. The molecular weight excluding hydrogens is 367 g/mol. The number of ether oxygens (including phenoxy) is 1. The molecule has 118 valence electrons. The molecule has 0 saturated carbocycles. The third kappa shape index (κ3) is 5.25. The number of hydrogen-bond acceptors (Lipinski definition) is 5. The van der Waals surface area contributed by atoms with Crippen LogP contribution in [0, 0.1) is 5.82 Å². The molecule has 3 N–H and O–H groups in total. The molecule has 1 aromatic carbocycles. The molecule has 0 aliphatic heterocycles. The lowest BCUT2D eigenvalue weighted by Gasteiger charge is -2.09. The summed E-state index contributed by atoms with van der Waals surface area (Å²) in [5, 5.41) is 0. The Labute approximate surface area is 131 Å². The first kappa shape index (κ1) is 17.9. The van der Waals surface area contributed by atoms with E-state index in [9.17, 15) is 17.6 Å². The second-order valence-corrected chi connectivity index (χ2v) is 6.71. The second-order valence-electron chi connectivity index (χ2n) is 4.12. The quantitative estimate of drug-likeness (QED) is 0.425. The lowest BCUT2D eigenvalue weighted by atomic mass is 10.3. The monoisotopic (exact) mass is 382 g/mol. The smallest absolute Gasteiger partial charge is 0.305 e. The molecule has 9 heteroatoms. The van der Waals surface area contributed by atoms with E-state index in [-0.39, 0.29) is 36.2 Å². The number of carbonyl (C=O) groups is 1. The number of halogens is 2. The highest BCUT2D eigenvalue weighted by Crippen LogP contribution is 2.25. The molecule has 0 fully saturated rings. The van der Waals surface area contributed by atoms with Gasteiger partial charge in [-0.1, -0.05) is 0 Å². The lowest BCUT2D eigenvalue weighted by Crippen LogP contribution is -2.26. The van der Waals surface area contributed by atoms with Crippen LogP contribution in [0.1, 0.15) is 19.8 Å². The molecule has 6 nitrogen and oxygen atoms in total. The highest BCUT2D eigenvalue weighted by atomic mass is 79.9. The first-order valence-corrected chi connectivity index (χ1v) is 8.45. The normalized spacial score (nSPS) is 11.4. The Morgan fingerprint density at radius 3 is 2.76 bits per heavy atom. The van der Waals surface area contributed by atoms with Crippen LogP contribution < -0.4 is 10.5 Å². The highest BCUT2D eigenvalue weighted by molar-refractivity contribution is 9.10. The van der Waals surface area contributed by atoms with Gasteiger partial charge in [0.25, 0.3) is 0 Å². The predicted molar refractivity (Wildman–Crippen MR) is 79.6 cm³/mol. The third-order valence-corrected chi connectivity index (χ3v) is 4.50. The molecule has 0 atom stereocenters. The van der Waals surface area contributed by atoms with Crippen molar-refractivity contribution in [2.24, 2.45) is 0 Å². The van der Waals surface area contributed by atoms with Gasteiger partial charge in [-0.05, 0) is 41.4 Å². The largest absolute Gasteiger partial charge is 0.466 e. The average Bonchev–Trinajstić information content (AvgIpc) is 2.39. The average molecular weight is 383 g/mol. The van der Waals surface area contributed by atoms with Crippen LogP contribution in [0.5, 0.6) is 0 Å². The highest BCUT2D eigenvalue weighted by Gasteiger charge is 2.21. The molecule has 0 aliphatic carbocycles. The fourth-order valence-electron chi connectivity index (χ4n) is 1.53. The Hall–Kier alpha value is -1.19. The number of anilines is 1. The Kier molecular flexibility index (Phi) is 6.56. The summed E-state index contributed by atoms with van der Waals surface area (Å²) >= 11 is 2.90. The Balaban J connectivity index is 2.69. The van der Waals surface area contributed by atoms with Crippen molar-refractivity contribution in [1.29, 1.82) is 0 Å². The van der Waals surface area contributed by atoms with E-state index >= 15 is 0 Å². The zero-order chi connectivity index (χ0) is 16.0. The molecule has 0 aliphatic rings. The zero-order valence-corrected chi connectivity index (χ0v) is 13.8. The summed E-state index contributed by atoms with van der Waals surface area (Å²) < 4.78 is 44.7. The zero-order valence-electron chi connectivity index (χ0n) is 11.4. The van der Waals surface area contributed by atoms with Gasteiger partial charge in [0, 0.05) is 18.7 Å². The maximum absolute atomic E-state index is 13.8. The summed E-state index contributed by atoms with van der Waals surface area (Å²) in [5.74, 6) is -1.32. The van der Waals surface area contributed by atoms with Gasteiger partial charge < -0.3 is 10.5 Å². The van der Waals surface area contributed by atoms with E-state index in [1.54, 1.807) is 6.92 Å². The van der Waals surface area contributed by atoms with Crippen molar-refractivity contribution in [2.45, 2.75) is 24.7 Å². The molecule has 0 radical (unpaired) electrons. The molecule has 0 aromatic heterocycles. The predicted octanol–water partition coefficient (Wildman–Crippen LogP) is 1.79. The maximum atomic E-state index is 13.8. The fraction of sp³-hybridized carbons (Fsp3) is 0.417. The van der Waals surface area contributed by atoms with Gasteiger partial charge in [-0.15, -0.1) is 0 Å². The molecule has 0 unspecified atom stereocenters. The minimum absolute atomic E-state index is 0.00694. The Bertz CT molecular complexity index is 622. The number of carbonyl (C=O) groups excluding carboxylic acids is 1. The van der Waals surface area contributed by atoms with Gasteiger partial charge in [0.15, 0.2) is 5.82 Å². The second kappa shape index (κ2) is 7.71. The van der Waals surface area contributed by atoms with E-state index in [4.69, 9.17) is 10.5 Å². The first-order chi connectivity index (χ1) is 9.77. The minimum atomic E-state index is -4.03. The SMILES string of the molecule is CCOC(=O)CCCNS(=O)(=O)c1cc(N)cc(Br)c1F. The van der Waals surface area contributed by atoms with Gasteiger partial charge in [-0.25, -0.2) is 17.5 Å². The summed E-state index contributed by atoms with van der Waals surface area (Å²) in [6.45, 7) is 1.95. The Morgan fingerprint density at radius 2 is 2.14 bits per heavy atom. The molecule has 0 amide bonds. The molecule has 21 heavy (non-hydrogen) atoms. The van der Waals surface area contributed by atoms with Crippen LogP contribution >= 0.6 is 15.9 Å². The number of nitrogens with two attached hydrogens (primary N) is 1. The van der Waals surface area contributed by atoms with Gasteiger partial charge in [-0.3, -0.25) is 4.79 Å². The summed E-state index contributed by atoms with van der Waals surface area (Å²) in [5.41, 5.74) is 5.62. The van der Waals surface area contributed by atoms with Crippen LogP contribution in [0.2, 0.25) is 0 Å². The summed E-state index contributed by atoms with van der Waals surface area (Å²) in [4.78, 5) is 10.6. The third-order valence-electron chi connectivity index (χ3n) is 2.46. The number of sulfonamides is 1. The van der Waals surface area contributed by atoms with Crippen molar-refractivity contribution >= 4 is 37.6 Å². The summed E-state index contributed by atoms with van der Waals surface area (Å²) in [7, 11) is -4.03. The van der Waals surface area contributed by atoms with Crippen molar-refractivity contribution < 1.29 is 22.3 Å². The van der Waals surface area contributed by atoms with Crippen molar-refractivity contribution in [3.05, 3.63) is 22.4 Å². The molecule has 0 saturated heterocycles. The Morgan fingerprint density at radius 1 is 1.48 bits per heavy atom. The van der Waals surface area contributed by atoms with Gasteiger partial charge in [-0.2, -0.15) is 0 Å². The molecule has 1 rings (SSSR count). The van der Waals surface area contributed by atoms with E-state index in [1.807, 2.05) is 0 Å². The van der Waals surface area contributed by atoms with E-state index in [1.165, 1.54) is 6.07 Å². The summed E-state index contributed by atoms with van der Waals surface area (Å²) in [6, 6.07) is 2.31. The van der Waals surface area contributed by atoms with Crippen molar-refractivity contribution in [2.75, 3.05) is 18.9 Å². The van der Waals surface area contributed by atoms with Crippen molar-refractivity contribution in [3.8, 4) is 0 Å². The van der Waals surface area contributed by atoms with Crippen LogP contribution in [0.25, 0.3) is 0 Å². The van der Waals surface area contributed by atoms with E-state index < -0.39 is 26.7 Å². The molecular formula is C12H16BrFN2O4S. The topological polar surface area (TPSA) is 98.5 Å². The van der Waals surface area contributed by atoms with E-state index in [0.717, 1.165) is 6.07 Å². The number of nitrogen functional groups attached to an aromatic ring is 1. The van der Waals surface area contributed by atoms with Crippen LogP contribution in [-0.4, -0.2) is 27.5 Å². The van der Waals surface area contributed by atoms with E-state index in [0.29, 0.717) is 0 Å². The van der Waals surface area contributed by atoms with Crippen molar-refractivity contribution in [3.63, 3.8) is 0 Å². The number of rotatable bonds is 7. The van der Waals surface area contributed by atoms with Gasteiger partial charge in [0.05, 0.1) is 11.1 Å². The number of hydrogen-bond donors (Lipinski definition) is 2. The van der Waals surface area contributed by atoms with Crippen LogP contribution in [-0.2, 0) is 19.6 Å². The molecule has 1 aromatic rings. The standard InChI is InChI=1S/C12H16BrFN2O4S/c1-2-20-11(17)4-3-5-16-21(18,19)10-7-8(15)6-9(13)12(10)14/h6-7,16H,2-5,15H2,1H3.